The van der Waals surface area contributed by atoms with Gasteiger partial charge in [0.1, 0.15) is 0 Å². The second kappa shape index (κ2) is 7.57. The molecule has 0 saturated carbocycles. The first-order valence-corrected chi connectivity index (χ1v) is 7.24. The molecular weight excluding hydrogens is 224 g/mol. The minimum Gasteiger partial charge on any atom is -0.394 e. The number of aromatic nitrogens is 2. The van der Waals surface area contributed by atoms with Crippen LogP contribution in [-0.2, 0) is 12.0 Å². The second-order valence-electron chi connectivity index (χ2n) is 5.76. The van der Waals surface area contributed by atoms with Crippen LogP contribution in [0.15, 0.2) is 12.4 Å². The molecule has 18 heavy (non-hydrogen) atoms. The van der Waals surface area contributed by atoms with Gasteiger partial charge in [-0.2, -0.15) is 5.10 Å². The minimum atomic E-state index is 0.151. The maximum Gasteiger partial charge on any atom is 0.0640 e. The van der Waals surface area contributed by atoms with E-state index in [4.69, 9.17) is 5.11 Å². The van der Waals surface area contributed by atoms with Gasteiger partial charge in [0.25, 0.3) is 0 Å². The molecule has 0 saturated heterocycles. The summed E-state index contributed by atoms with van der Waals surface area (Å²) in [6.07, 6.45) is 11.9. The monoisotopic (exact) mass is 252 g/mol. The lowest BCUT2D eigenvalue weighted by Crippen LogP contribution is -2.16. The molecule has 3 heteroatoms. The van der Waals surface area contributed by atoms with Crippen LogP contribution in [-0.4, -0.2) is 21.5 Å². The number of nitrogens with zero attached hydrogens (tertiary/aromatic N) is 2. The Labute approximate surface area is 111 Å². The van der Waals surface area contributed by atoms with E-state index in [1.807, 2.05) is 10.9 Å². The van der Waals surface area contributed by atoms with Crippen molar-refractivity contribution in [3.05, 3.63) is 18.0 Å². The van der Waals surface area contributed by atoms with E-state index in [-0.39, 0.29) is 12.0 Å². The maximum atomic E-state index is 8.89. The van der Waals surface area contributed by atoms with E-state index in [9.17, 15) is 0 Å². The molecule has 104 valence electrons. The molecule has 0 atom stereocenters. The number of aliphatic hydroxyl groups is 1. The largest absolute Gasteiger partial charge is 0.394 e. The van der Waals surface area contributed by atoms with Gasteiger partial charge in [0.05, 0.1) is 19.3 Å². The van der Waals surface area contributed by atoms with E-state index in [0.29, 0.717) is 6.54 Å². The zero-order chi connectivity index (χ0) is 13.4. The Morgan fingerprint density at radius 3 is 2.61 bits per heavy atom. The van der Waals surface area contributed by atoms with E-state index in [1.54, 1.807) is 0 Å². The summed E-state index contributed by atoms with van der Waals surface area (Å²) in [5.41, 5.74) is 1.48. The van der Waals surface area contributed by atoms with Crippen molar-refractivity contribution in [2.75, 3.05) is 6.61 Å². The quantitative estimate of drug-likeness (QED) is 0.683. The van der Waals surface area contributed by atoms with Crippen molar-refractivity contribution in [3.8, 4) is 0 Å². The van der Waals surface area contributed by atoms with Crippen molar-refractivity contribution in [2.24, 2.45) is 0 Å². The van der Waals surface area contributed by atoms with Gasteiger partial charge in [-0.25, -0.2) is 0 Å². The van der Waals surface area contributed by atoms with E-state index in [2.05, 4.69) is 32.1 Å². The smallest absolute Gasteiger partial charge is 0.0640 e. The van der Waals surface area contributed by atoms with Crippen molar-refractivity contribution in [1.82, 2.24) is 9.78 Å². The molecule has 0 aliphatic heterocycles. The first kappa shape index (κ1) is 15.2. The van der Waals surface area contributed by atoms with Crippen LogP contribution in [0.2, 0.25) is 0 Å². The van der Waals surface area contributed by atoms with Gasteiger partial charge in [-0.05, 0) is 17.4 Å². The third kappa shape index (κ3) is 4.81. The van der Waals surface area contributed by atoms with Gasteiger partial charge in [0, 0.05) is 6.20 Å². The van der Waals surface area contributed by atoms with E-state index in [1.165, 1.54) is 44.1 Å². The van der Waals surface area contributed by atoms with Gasteiger partial charge < -0.3 is 5.11 Å². The average molecular weight is 252 g/mol. The summed E-state index contributed by atoms with van der Waals surface area (Å²) in [5.74, 6) is 0. The molecule has 0 spiro atoms. The summed E-state index contributed by atoms with van der Waals surface area (Å²) in [6.45, 7) is 7.56. The summed E-state index contributed by atoms with van der Waals surface area (Å²) in [5, 5.41) is 13.2. The van der Waals surface area contributed by atoms with Crippen molar-refractivity contribution in [3.63, 3.8) is 0 Å². The molecule has 0 unspecified atom stereocenters. The van der Waals surface area contributed by atoms with Gasteiger partial charge in [0.15, 0.2) is 0 Å². The Bertz CT molecular complexity index is 331. The van der Waals surface area contributed by atoms with Gasteiger partial charge >= 0.3 is 0 Å². The van der Waals surface area contributed by atoms with Crippen LogP contribution in [0.25, 0.3) is 0 Å². The molecule has 0 fully saturated rings. The maximum absolute atomic E-state index is 8.89. The average Bonchev–Trinajstić information content (AvgIpc) is 2.79. The van der Waals surface area contributed by atoms with E-state index < -0.39 is 0 Å². The van der Waals surface area contributed by atoms with Crippen LogP contribution in [0.1, 0.15) is 64.9 Å². The van der Waals surface area contributed by atoms with Gasteiger partial charge in [-0.15, -0.1) is 0 Å². The normalized spacial score (nSPS) is 12.0. The number of unbranched alkanes of at least 4 members (excludes halogenated alkanes) is 4. The molecule has 1 N–H and O–H groups in total. The summed E-state index contributed by atoms with van der Waals surface area (Å²) >= 11 is 0. The highest BCUT2D eigenvalue weighted by atomic mass is 16.3. The van der Waals surface area contributed by atoms with Gasteiger partial charge in [-0.1, -0.05) is 52.9 Å². The summed E-state index contributed by atoms with van der Waals surface area (Å²) in [7, 11) is 0. The SMILES string of the molecule is CCCCCCCC(C)(C)c1cnn(CCO)c1. The van der Waals surface area contributed by atoms with Crippen LogP contribution in [0.5, 0.6) is 0 Å². The van der Waals surface area contributed by atoms with Crippen molar-refractivity contribution in [2.45, 2.75) is 71.3 Å². The van der Waals surface area contributed by atoms with Crippen LogP contribution >= 0.6 is 0 Å². The molecule has 0 aromatic carbocycles. The molecule has 1 heterocycles. The fourth-order valence-electron chi connectivity index (χ4n) is 2.25. The third-order valence-electron chi connectivity index (χ3n) is 3.65. The molecule has 0 amide bonds. The molecule has 3 nitrogen and oxygen atoms in total. The molecule has 1 aromatic heterocycles. The van der Waals surface area contributed by atoms with E-state index in [0.717, 1.165) is 0 Å². The Balaban J connectivity index is 2.40. The van der Waals surface area contributed by atoms with Crippen LogP contribution < -0.4 is 0 Å². The molecule has 0 aliphatic carbocycles. The zero-order valence-corrected chi connectivity index (χ0v) is 12.2. The minimum absolute atomic E-state index is 0.151. The van der Waals surface area contributed by atoms with Crippen LogP contribution in [0.4, 0.5) is 0 Å². The molecule has 0 bridgehead atoms. The highest BCUT2D eigenvalue weighted by Gasteiger charge is 2.21. The fourth-order valence-corrected chi connectivity index (χ4v) is 2.25. The lowest BCUT2D eigenvalue weighted by molar-refractivity contribution is 0.269. The predicted molar refractivity (Wildman–Crippen MR) is 75.7 cm³/mol. The van der Waals surface area contributed by atoms with Gasteiger partial charge in [-0.3, -0.25) is 4.68 Å². The van der Waals surface area contributed by atoms with Crippen LogP contribution in [0.3, 0.4) is 0 Å². The molecule has 1 rings (SSSR count). The number of hydrogen-bond acceptors (Lipinski definition) is 2. The highest BCUT2D eigenvalue weighted by Crippen LogP contribution is 2.29. The van der Waals surface area contributed by atoms with E-state index >= 15 is 0 Å². The third-order valence-corrected chi connectivity index (χ3v) is 3.65. The van der Waals surface area contributed by atoms with Crippen molar-refractivity contribution in [1.29, 1.82) is 0 Å². The molecule has 1 aromatic rings. The summed E-state index contributed by atoms with van der Waals surface area (Å²) in [6, 6.07) is 0. The second-order valence-corrected chi connectivity index (χ2v) is 5.76. The summed E-state index contributed by atoms with van der Waals surface area (Å²) in [4.78, 5) is 0. The molecule has 0 aliphatic rings. The lowest BCUT2D eigenvalue weighted by Gasteiger charge is -2.23. The van der Waals surface area contributed by atoms with Gasteiger partial charge in [0.2, 0.25) is 0 Å². The summed E-state index contributed by atoms with van der Waals surface area (Å²) < 4.78 is 1.83. The lowest BCUT2D eigenvalue weighted by atomic mass is 9.81. The number of rotatable bonds is 9. The van der Waals surface area contributed by atoms with Crippen molar-refractivity contribution >= 4 is 0 Å². The zero-order valence-electron chi connectivity index (χ0n) is 12.2. The standard InChI is InChI=1S/C15H28N2O/c1-4-5-6-7-8-9-15(2,3)14-12-16-17(13-14)10-11-18/h12-13,18H,4-11H2,1-3H3. The van der Waals surface area contributed by atoms with Crippen molar-refractivity contribution < 1.29 is 5.11 Å². The molecular formula is C15H28N2O. The highest BCUT2D eigenvalue weighted by molar-refractivity contribution is 5.16. The Hall–Kier alpha value is -0.830. The topological polar surface area (TPSA) is 38.0 Å². The number of hydrogen-bond donors (Lipinski definition) is 1. The first-order chi connectivity index (χ1) is 8.60. The fraction of sp³-hybridized carbons (Fsp3) is 0.800. The Kier molecular flexibility index (Phi) is 6.41. The predicted octanol–water partition coefficient (Wildman–Crippen LogP) is 3.51. The number of aliphatic hydroxyl groups excluding tert-OH is 1. The van der Waals surface area contributed by atoms with Crippen LogP contribution in [0, 0.1) is 0 Å². The first-order valence-electron chi connectivity index (χ1n) is 7.24. The Morgan fingerprint density at radius 2 is 1.94 bits per heavy atom. The molecule has 0 radical (unpaired) electrons. The Morgan fingerprint density at radius 1 is 1.22 bits per heavy atom.